The van der Waals surface area contributed by atoms with E-state index >= 15 is 0 Å². The van der Waals surface area contributed by atoms with Crippen molar-refractivity contribution in [3.63, 3.8) is 0 Å². The number of ether oxygens (including phenoxy) is 1. The number of aromatic nitrogens is 1. The van der Waals surface area contributed by atoms with Crippen LogP contribution < -0.4 is 15.5 Å². The number of aryl methyl sites for hydroxylation is 1. The number of rotatable bonds is 6. The number of urea groups is 1. The fraction of sp³-hybridized carbons (Fsp3) is 0.429. The minimum atomic E-state index is -0.239. The van der Waals surface area contributed by atoms with Crippen LogP contribution in [0.4, 0.5) is 16.3 Å². The maximum atomic E-state index is 12.5. The molecule has 1 aliphatic heterocycles. The SMILES string of the molecule is CCc1ccc(Cl)c(CC)c1NC(=O)NCc1ccnc(N2CCOCC2)c1. The number of hydrogen-bond donors (Lipinski definition) is 2. The summed E-state index contributed by atoms with van der Waals surface area (Å²) in [5.41, 5.74) is 3.87. The second-order valence-corrected chi connectivity index (χ2v) is 7.10. The molecule has 0 aliphatic carbocycles. The zero-order chi connectivity index (χ0) is 19.9. The molecule has 2 heterocycles. The van der Waals surface area contributed by atoms with Gasteiger partial charge in [-0.3, -0.25) is 0 Å². The molecule has 2 aromatic rings. The highest BCUT2D eigenvalue weighted by Gasteiger charge is 2.14. The van der Waals surface area contributed by atoms with Crippen LogP contribution in [0, 0.1) is 0 Å². The Hall–Kier alpha value is -2.31. The Kier molecular flexibility index (Phi) is 7.12. The number of morpholine rings is 1. The van der Waals surface area contributed by atoms with Crippen LogP contribution in [0.3, 0.4) is 0 Å². The van der Waals surface area contributed by atoms with E-state index < -0.39 is 0 Å². The molecule has 1 aromatic heterocycles. The van der Waals surface area contributed by atoms with Gasteiger partial charge in [-0.15, -0.1) is 0 Å². The van der Waals surface area contributed by atoms with Gasteiger partial charge in [0.1, 0.15) is 5.82 Å². The van der Waals surface area contributed by atoms with Gasteiger partial charge >= 0.3 is 6.03 Å². The van der Waals surface area contributed by atoms with Crippen LogP contribution in [0.5, 0.6) is 0 Å². The van der Waals surface area contributed by atoms with Gasteiger partial charge in [0.05, 0.1) is 18.9 Å². The Morgan fingerprint density at radius 2 is 2.00 bits per heavy atom. The van der Waals surface area contributed by atoms with E-state index in [0.717, 1.165) is 54.1 Å². The van der Waals surface area contributed by atoms with Crippen LogP contribution in [0.25, 0.3) is 0 Å². The number of carbonyl (C=O) groups excluding carboxylic acids is 1. The Morgan fingerprint density at radius 3 is 2.71 bits per heavy atom. The molecule has 2 amide bonds. The number of nitrogens with one attached hydrogen (secondary N) is 2. The predicted octanol–water partition coefficient (Wildman–Crippen LogP) is 4.02. The van der Waals surface area contributed by atoms with Crippen LogP contribution in [0.2, 0.25) is 5.02 Å². The maximum Gasteiger partial charge on any atom is 0.319 e. The lowest BCUT2D eigenvalue weighted by atomic mass is 10.0. The van der Waals surface area contributed by atoms with Crippen molar-refractivity contribution in [2.45, 2.75) is 33.2 Å². The summed E-state index contributed by atoms with van der Waals surface area (Å²) >= 11 is 6.31. The number of pyridine rings is 1. The summed E-state index contributed by atoms with van der Waals surface area (Å²) in [7, 11) is 0. The van der Waals surface area contributed by atoms with Crippen molar-refractivity contribution in [3.05, 3.63) is 52.2 Å². The number of nitrogens with zero attached hydrogens (tertiary/aromatic N) is 2. The second kappa shape index (κ2) is 9.75. The van der Waals surface area contributed by atoms with Gasteiger partial charge in [-0.1, -0.05) is 31.5 Å². The van der Waals surface area contributed by atoms with Crippen LogP contribution in [0.15, 0.2) is 30.5 Å². The summed E-state index contributed by atoms with van der Waals surface area (Å²) in [6.45, 7) is 7.62. The molecule has 1 saturated heterocycles. The Balaban J connectivity index is 1.64. The molecular weight excluding hydrogens is 376 g/mol. The molecule has 3 rings (SSSR count). The lowest BCUT2D eigenvalue weighted by Crippen LogP contribution is -2.36. The van der Waals surface area contributed by atoms with Gasteiger partial charge in [0, 0.05) is 30.9 Å². The topological polar surface area (TPSA) is 66.5 Å². The number of halogens is 1. The average Bonchev–Trinajstić information content (AvgIpc) is 2.73. The maximum absolute atomic E-state index is 12.5. The first-order valence-corrected chi connectivity index (χ1v) is 10.1. The molecule has 0 saturated carbocycles. The predicted molar refractivity (Wildman–Crippen MR) is 113 cm³/mol. The quantitative estimate of drug-likeness (QED) is 0.765. The monoisotopic (exact) mass is 402 g/mol. The molecule has 1 aromatic carbocycles. The molecule has 0 radical (unpaired) electrons. The number of hydrogen-bond acceptors (Lipinski definition) is 4. The molecule has 0 atom stereocenters. The van der Waals surface area contributed by atoms with Crippen LogP contribution in [0.1, 0.15) is 30.5 Å². The summed E-state index contributed by atoms with van der Waals surface area (Å²) in [5.74, 6) is 0.916. The van der Waals surface area contributed by atoms with E-state index in [4.69, 9.17) is 16.3 Å². The number of amides is 2. The molecule has 0 unspecified atom stereocenters. The van der Waals surface area contributed by atoms with Crippen molar-refractivity contribution in [3.8, 4) is 0 Å². The molecular formula is C21H27ClN4O2. The van der Waals surface area contributed by atoms with Gasteiger partial charge in [-0.2, -0.15) is 0 Å². The molecule has 6 nitrogen and oxygen atoms in total. The lowest BCUT2D eigenvalue weighted by Gasteiger charge is -2.28. The summed E-state index contributed by atoms with van der Waals surface area (Å²) in [4.78, 5) is 19.1. The normalized spacial score (nSPS) is 14.0. The third-order valence-electron chi connectivity index (χ3n) is 4.91. The summed E-state index contributed by atoms with van der Waals surface area (Å²) in [5, 5.41) is 6.61. The van der Waals surface area contributed by atoms with Crippen LogP contribution >= 0.6 is 11.6 Å². The van der Waals surface area contributed by atoms with Gasteiger partial charge < -0.3 is 20.3 Å². The Bertz CT molecular complexity index is 822. The smallest absolute Gasteiger partial charge is 0.319 e. The first-order chi connectivity index (χ1) is 13.6. The average molecular weight is 403 g/mol. The highest BCUT2D eigenvalue weighted by molar-refractivity contribution is 6.31. The van der Waals surface area contributed by atoms with Crippen LogP contribution in [-0.2, 0) is 24.1 Å². The standard InChI is InChI=1S/C21H27ClN4O2/c1-3-16-5-6-18(22)17(4-2)20(16)25-21(27)24-14-15-7-8-23-19(13-15)26-9-11-28-12-10-26/h5-8,13H,3-4,9-12,14H2,1-2H3,(H2,24,25,27). The third kappa shape index (κ3) is 4.94. The van der Waals surface area contributed by atoms with Gasteiger partial charge in [-0.25, -0.2) is 9.78 Å². The van der Waals surface area contributed by atoms with Crippen molar-refractivity contribution in [1.82, 2.24) is 10.3 Å². The summed E-state index contributed by atoms with van der Waals surface area (Å²) < 4.78 is 5.39. The van der Waals surface area contributed by atoms with Gasteiger partial charge in [0.2, 0.25) is 0 Å². The third-order valence-corrected chi connectivity index (χ3v) is 5.27. The highest BCUT2D eigenvalue weighted by Crippen LogP contribution is 2.29. The van der Waals surface area contributed by atoms with E-state index in [-0.39, 0.29) is 6.03 Å². The fourth-order valence-electron chi connectivity index (χ4n) is 3.34. The minimum Gasteiger partial charge on any atom is -0.378 e. The number of carbonyl (C=O) groups is 1. The first-order valence-electron chi connectivity index (χ1n) is 9.75. The molecule has 1 fully saturated rings. The van der Waals surface area contributed by atoms with Crippen molar-refractivity contribution >= 4 is 29.1 Å². The zero-order valence-electron chi connectivity index (χ0n) is 16.4. The molecule has 150 valence electrons. The van der Waals surface area contributed by atoms with Gasteiger partial charge in [-0.05, 0) is 47.7 Å². The molecule has 0 bridgehead atoms. The van der Waals surface area contributed by atoms with E-state index in [9.17, 15) is 4.79 Å². The van der Waals surface area contributed by atoms with Crippen LogP contribution in [-0.4, -0.2) is 37.3 Å². The fourth-order valence-corrected chi connectivity index (χ4v) is 3.63. The van der Waals surface area contributed by atoms with E-state index in [1.165, 1.54) is 0 Å². The highest BCUT2D eigenvalue weighted by atomic mass is 35.5. The van der Waals surface area contributed by atoms with Crippen molar-refractivity contribution < 1.29 is 9.53 Å². The molecule has 2 N–H and O–H groups in total. The Labute approximate surface area is 171 Å². The zero-order valence-corrected chi connectivity index (χ0v) is 17.2. The molecule has 28 heavy (non-hydrogen) atoms. The van der Waals surface area contributed by atoms with E-state index in [2.05, 4.69) is 27.4 Å². The van der Waals surface area contributed by atoms with Gasteiger partial charge in [0.25, 0.3) is 0 Å². The van der Waals surface area contributed by atoms with Gasteiger partial charge in [0.15, 0.2) is 0 Å². The van der Waals surface area contributed by atoms with E-state index in [0.29, 0.717) is 24.8 Å². The molecule has 0 spiro atoms. The minimum absolute atomic E-state index is 0.239. The van der Waals surface area contributed by atoms with E-state index in [1.54, 1.807) is 6.20 Å². The largest absolute Gasteiger partial charge is 0.378 e. The molecule has 7 heteroatoms. The molecule has 1 aliphatic rings. The number of benzene rings is 1. The number of anilines is 2. The second-order valence-electron chi connectivity index (χ2n) is 6.70. The summed E-state index contributed by atoms with van der Waals surface area (Å²) in [6.07, 6.45) is 3.36. The lowest BCUT2D eigenvalue weighted by molar-refractivity contribution is 0.122. The van der Waals surface area contributed by atoms with Crippen molar-refractivity contribution in [1.29, 1.82) is 0 Å². The van der Waals surface area contributed by atoms with E-state index in [1.807, 2.05) is 31.2 Å². The Morgan fingerprint density at radius 1 is 1.21 bits per heavy atom. The first kappa shape index (κ1) is 20.4. The van der Waals surface area contributed by atoms with Crippen molar-refractivity contribution in [2.75, 3.05) is 36.5 Å². The van der Waals surface area contributed by atoms with Crippen molar-refractivity contribution in [2.24, 2.45) is 0 Å². The summed E-state index contributed by atoms with van der Waals surface area (Å²) in [6, 6.07) is 7.55.